The number of aromatic nitrogens is 1. The molecule has 3 rings (SSSR count). The van der Waals surface area contributed by atoms with Crippen LogP contribution in [0.3, 0.4) is 0 Å². The summed E-state index contributed by atoms with van der Waals surface area (Å²) in [5.41, 5.74) is 1.77. The summed E-state index contributed by atoms with van der Waals surface area (Å²) in [7, 11) is 0. The first-order valence-electron chi connectivity index (χ1n) is 8.41. The maximum atomic E-state index is 12.6. The summed E-state index contributed by atoms with van der Waals surface area (Å²) >= 11 is 0. The van der Waals surface area contributed by atoms with Crippen LogP contribution in [-0.2, 0) is 4.79 Å². The standard InChI is InChI=1S/C19H20N4O3/c1-14(24)21-17-6-4-15(5-7-17)18(25)22-9-11-23(12-10-22)19(26)16-3-2-8-20-13-16/h2-8,13H,9-12H2,1H3,(H,21,24). The van der Waals surface area contributed by atoms with Crippen molar-refractivity contribution in [3.63, 3.8) is 0 Å². The molecule has 134 valence electrons. The Morgan fingerprint density at radius 1 is 0.885 bits per heavy atom. The highest BCUT2D eigenvalue weighted by Gasteiger charge is 2.25. The molecule has 0 bridgehead atoms. The number of rotatable bonds is 3. The third-order valence-electron chi connectivity index (χ3n) is 4.21. The lowest BCUT2D eigenvalue weighted by Crippen LogP contribution is -2.50. The normalized spacial score (nSPS) is 14.0. The number of amides is 3. The Kier molecular flexibility index (Phi) is 5.26. The van der Waals surface area contributed by atoms with Gasteiger partial charge in [-0.15, -0.1) is 0 Å². The van der Waals surface area contributed by atoms with E-state index in [1.165, 1.54) is 6.92 Å². The van der Waals surface area contributed by atoms with E-state index in [0.717, 1.165) is 0 Å². The maximum absolute atomic E-state index is 12.6. The molecule has 1 N–H and O–H groups in total. The molecule has 1 aromatic carbocycles. The van der Waals surface area contributed by atoms with Gasteiger partial charge in [-0.25, -0.2) is 0 Å². The van der Waals surface area contributed by atoms with Crippen molar-refractivity contribution >= 4 is 23.4 Å². The topological polar surface area (TPSA) is 82.6 Å². The summed E-state index contributed by atoms with van der Waals surface area (Å²) in [5, 5.41) is 2.67. The van der Waals surface area contributed by atoms with Crippen molar-refractivity contribution in [2.24, 2.45) is 0 Å². The fourth-order valence-electron chi connectivity index (χ4n) is 2.87. The zero-order chi connectivity index (χ0) is 18.5. The average Bonchev–Trinajstić information content (AvgIpc) is 2.68. The lowest BCUT2D eigenvalue weighted by molar-refractivity contribution is -0.114. The second kappa shape index (κ2) is 7.77. The van der Waals surface area contributed by atoms with Gasteiger partial charge in [-0.2, -0.15) is 0 Å². The van der Waals surface area contributed by atoms with Gasteiger partial charge in [-0.3, -0.25) is 19.4 Å². The fraction of sp³-hybridized carbons (Fsp3) is 0.263. The van der Waals surface area contributed by atoms with E-state index in [1.54, 1.807) is 58.6 Å². The summed E-state index contributed by atoms with van der Waals surface area (Å²) in [5.74, 6) is -0.295. The van der Waals surface area contributed by atoms with E-state index >= 15 is 0 Å². The Labute approximate surface area is 151 Å². The molecule has 7 nitrogen and oxygen atoms in total. The maximum Gasteiger partial charge on any atom is 0.255 e. The molecule has 26 heavy (non-hydrogen) atoms. The first-order chi connectivity index (χ1) is 12.5. The summed E-state index contributed by atoms with van der Waals surface area (Å²) < 4.78 is 0. The van der Waals surface area contributed by atoms with Gasteiger partial charge in [0.25, 0.3) is 11.8 Å². The van der Waals surface area contributed by atoms with Gasteiger partial charge in [-0.1, -0.05) is 0 Å². The van der Waals surface area contributed by atoms with Gasteiger partial charge in [-0.05, 0) is 36.4 Å². The minimum Gasteiger partial charge on any atom is -0.335 e. The first kappa shape index (κ1) is 17.6. The molecule has 1 aliphatic rings. The molecule has 0 unspecified atom stereocenters. The average molecular weight is 352 g/mol. The molecule has 1 fully saturated rings. The van der Waals surface area contributed by atoms with Crippen LogP contribution in [0.2, 0.25) is 0 Å². The number of nitrogens with zero attached hydrogens (tertiary/aromatic N) is 3. The lowest BCUT2D eigenvalue weighted by Gasteiger charge is -2.34. The second-order valence-corrected chi connectivity index (χ2v) is 6.08. The first-order valence-corrected chi connectivity index (χ1v) is 8.41. The largest absolute Gasteiger partial charge is 0.335 e. The van der Waals surface area contributed by atoms with Crippen LogP contribution in [0.5, 0.6) is 0 Å². The van der Waals surface area contributed by atoms with E-state index in [1.807, 2.05) is 0 Å². The molecule has 0 spiro atoms. The second-order valence-electron chi connectivity index (χ2n) is 6.08. The molecule has 2 aromatic rings. The van der Waals surface area contributed by atoms with Crippen LogP contribution >= 0.6 is 0 Å². The van der Waals surface area contributed by atoms with Gasteiger partial charge in [0.05, 0.1) is 5.56 Å². The molecular formula is C19H20N4O3. The zero-order valence-corrected chi connectivity index (χ0v) is 14.5. The van der Waals surface area contributed by atoms with Gasteiger partial charge in [0.1, 0.15) is 0 Å². The smallest absolute Gasteiger partial charge is 0.255 e. The van der Waals surface area contributed by atoms with Crippen LogP contribution in [0.4, 0.5) is 5.69 Å². The number of hydrogen-bond donors (Lipinski definition) is 1. The van der Waals surface area contributed by atoms with E-state index in [-0.39, 0.29) is 17.7 Å². The van der Waals surface area contributed by atoms with Crippen molar-refractivity contribution in [1.29, 1.82) is 0 Å². The Hall–Kier alpha value is -3.22. The molecule has 1 aliphatic heterocycles. The van der Waals surface area contributed by atoms with Crippen LogP contribution in [0, 0.1) is 0 Å². The Morgan fingerprint density at radius 3 is 1.96 bits per heavy atom. The van der Waals surface area contributed by atoms with Gasteiger partial charge >= 0.3 is 0 Å². The highest BCUT2D eigenvalue weighted by molar-refractivity contribution is 5.96. The zero-order valence-electron chi connectivity index (χ0n) is 14.5. The van der Waals surface area contributed by atoms with Crippen LogP contribution in [0.1, 0.15) is 27.6 Å². The summed E-state index contributed by atoms with van der Waals surface area (Å²) in [6.07, 6.45) is 3.18. The number of hydrogen-bond acceptors (Lipinski definition) is 4. The van der Waals surface area contributed by atoms with Crippen LogP contribution in [0.15, 0.2) is 48.8 Å². The highest BCUT2D eigenvalue weighted by atomic mass is 16.2. The number of carbonyl (C=O) groups is 3. The predicted octanol–water partition coefficient (Wildman–Crippen LogP) is 1.64. The monoisotopic (exact) mass is 352 g/mol. The molecule has 2 heterocycles. The van der Waals surface area contributed by atoms with E-state index < -0.39 is 0 Å². The van der Waals surface area contributed by atoms with Crippen LogP contribution < -0.4 is 5.32 Å². The Bertz CT molecular complexity index is 797. The molecule has 0 atom stereocenters. The van der Waals surface area contributed by atoms with Crippen LogP contribution in [-0.4, -0.2) is 58.7 Å². The quantitative estimate of drug-likeness (QED) is 0.910. The van der Waals surface area contributed by atoms with Gasteiger partial charge in [0.15, 0.2) is 0 Å². The van der Waals surface area contributed by atoms with Crippen molar-refractivity contribution in [3.05, 3.63) is 59.9 Å². The van der Waals surface area contributed by atoms with E-state index in [2.05, 4.69) is 10.3 Å². The van der Waals surface area contributed by atoms with E-state index in [9.17, 15) is 14.4 Å². The number of pyridine rings is 1. The van der Waals surface area contributed by atoms with Crippen molar-refractivity contribution in [2.75, 3.05) is 31.5 Å². The molecule has 1 aromatic heterocycles. The van der Waals surface area contributed by atoms with E-state index in [4.69, 9.17) is 0 Å². The molecule has 1 saturated heterocycles. The van der Waals surface area contributed by atoms with Crippen molar-refractivity contribution in [1.82, 2.24) is 14.8 Å². The summed E-state index contributed by atoms with van der Waals surface area (Å²) in [6, 6.07) is 10.3. The lowest BCUT2D eigenvalue weighted by atomic mass is 10.1. The van der Waals surface area contributed by atoms with Gasteiger partial charge < -0.3 is 15.1 Å². The number of piperazine rings is 1. The summed E-state index contributed by atoms with van der Waals surface area (Å²) in [6.45, 7) is 3.38. The fourth-order valence-corrected chi connectivity index (χ4v) is 2.87. The SMILES string of the molecule is CC(=O)Nc1ccc(C(=O)N2CCN(C(=O)c3cccnc3)CC2)cc1. The highest BCUT2D eigenvalue weighted by Crippen LogP contribution is 2.14. The molecule has 3 amide bonds. The molecule has 0 aliphatic carbocycles. The molecule has 7 heteroatoms. The van der Waals surface area contributed by atoms with Crippen molar-refractivity contribution < 1.29 is 14.4 Å². The Balaban J connectivity index is 1.58. The number of anilines is 1. The van der Waals surface area contributed by atoms with E-state index in [0.29, 0.717) is 43.0 Å². The van der Waals surface area contributed by atoms with Gasteiger partial charge in [0, 0.05) is 56.7 Å². The van der Waals surface area contributed by atoms with Crippen molar-refractivity contribution in [2.45, 2.75) is 6.92 Å². The number of nitrogens with one attached hydrogen (secondary N) is 1. The minimum absolute atomic E-state index is 0.0649. The summed E-state index contributed by atoms with van der Waals surface area (Å²) in [4.78, 5) is 43.5. The number of benzene rings is 1. The van der Waals surface area contributed by atoms with Gasteiger partial charge in [0.2, 0.25) is 5.91 Å². The van der Waals surface area contributed by atoms with Crippen molar-refractivity contribution in [3.8, 4) is 0 Å². The van der Waals surface area contributed by atoms with Crippen LogP contribution in [0.25, 0.3) is 0 Å². The third-order valence-corrected chi connectivity index (χ3v) is 4.21. The molecular weight excluding hydrogens is 332 g/mol. The predicted molar refractivity (Wildman–Crippen MR) is 96.8 cm³/mol. The number of carbonyl (C=O) groups excluding carboxylic acids is 3. The molecule has 0 radical (unpaired) electrons. The minimum atomic E-state index is -0.154. The third kappa shape index (κ3) is 4.05. The molecule has 0 saturated carbocycles. The Morgan fingerprint density at radius 2 is 1.46 bits per heavy atom.